The maximum atomic E-state index is 6.25. The summed E-state index contributed by atoms with van der Waals surface area (Å²) in [7, 11) is 12.5. The molecule has 0 aliphatic carbocycles. The van der Waals surface area contributed by atoms with Crippen LogP contribution < -0.4 is 0 Å². The fraction of sp³-hybridized carbons (Fsp3) is 0.245. The Morgan fingerprint density at radius 1 is 0.481 bits per heavy atom. The fourth-order valence-electron chi connectivity index (χ4n) is 6.28. The van der Waals surface area contributed by atoms with Crippen molar-refractivity contribution in [2.24, 2.45) is 0 Å². The van der Waals surface area contributed by atoms with Crippen LogP contribution in [0.25, 0.3) is 32.7 Å². The quantitative estimate of drug-likeness (QED) is 0.122. The molecule has 0 fully saturated rings. The predicted octanol–water partition coefficient (Wildman–Crippen LogP) is 14.9. The Bertz CT molecular complexity index is 2100. The third kappa shape index (κ3) is 10.2. The summed E-state index contributed by atoms with van der Waals surface area (Å²) in [6, 6.07) is 53.8. The summed E-state index contributed by atoms with van der Waals surface area (Å²) in [6.45, 7) is 20.4. The van der Waals surface area contributed by atoms with Gasteiger partial charge in [-0.05, 0) is 21.8 Å². The van der Waals surface area contributed by atoms with Gasteiger partial charge in [-0.1, -0.05) is 122 Å². The van der Waals surface area contributed by atoms with E-state index in [-0.39, 0.29) is 16.2 Å². The molecule has 3 heteroatoms. The van der Waals surface area contributed by atoms with Gasteiger partial charge in [0.1, 0.15) is 0 Å². The Kier molecular flexibility index (Phi) is 12.8. The van der Waals surface area contributed by atoms with E-state index >= 15 is 0 Å². The summed E-state index contributed by atoms with van der Waals surface area (Å²) < 4.78 is 1.16. The predicted molar refractivity (Wildman–Crippen MR) is 228 cm³/mol. The van der Waals surface area contributed by atoms with E-state index in [2.05, 4.69) is 178 Å². The van der Waals surface area contributed by atoms with Crippen LogP contribution in [0.4, 0.5) is 0 Å². The van der Waals surface area contributed by atoms with Gasteiger partial charge in [-0.2, -0.15) is 23.8 Å². The van der Waals surface area contributed by atoms with Gasteiger partial charge in [0.15, 0.2) is 0 Å². The number of rotatable bonds is 3. The van der Waals surface area contributed by atoms with E-state index in [9.17, 15) is 0 Å². The molecule has 7 aromatic carbocycles. The molecule has 0 saturated heterocycles. The normalized spacial score (nSPS) is 11.8. The molecule has 0 N–H and O–H groups in total. The molecule has 0 radical (unpaired) electrons. The average molecular weight is 890 g/mol. The zero-order valence-electron chi connectivity index (χ0n) is 32.2. The van der Waals surface area contributed by atoms with Crippen molar-refractivity contribution in [3.05, 3.63) is 179 Å². The first kappa shape index (κ1) is 39.8. The van der Waals surface area contributed by atoms with Crippen molar-refractivity contribution in [1.82, 2.24) is 0 Å². The molecule has 0 amide bonds. The molecule has 0 heterocycles. The zero-order chi connectivity index (χ0) is 37.7. The second-order valence-corrected chi connectivity index (χ2v) is 28.1. The first-order valence-electron chi connectivity index (χ1n) is 18.2. The van der Waals surface area contributed by atoms with Crippen LogP contribution in [0.15, 0.2) is 152 Å². The van der Waals surface area contributed by atoms with E-state index in [0.717, 1.165) is 14.4 Å². The third-order valence-corrected chi connectivity index (χ3v) is 16.0. The summed E-state index contributed by atoms with van der Waals surface area (Å²) in [5, 5.41) is 5.48. The summed E-state index contributed by atoms with van der Waals surface area (Å²) in [6.07, 6.45) is 0. The van der Waals surface area contributed by atoms with Gasteiger partial charge < -0.3 is 0 Å². The zero-order valence-corrected chi connectivity index (χ0v) is 37.3. The van der Waals surface area contributed by atoms with Gasteiger partial charge in [0.05, 0.1) is 0 Å². The molecule has 0 unspecified atom stereocenters. The molecular formula is C49H52Cl2Hf-2. The molecule has 0 saturated carbocycles. The van der Waals surface area contributed by atoms with E-state index < -0.39 is 18.6 Å². The Balaban J connectivity index is 0.000000154. The average Bonchev–Trinajstić information content (AvgIpc) is 3.77. The van der Waals surface area contributed by atoms with Crippen molar-refractivity contribution < 1.29 is 18.6 Å². The van der Waals surface area contributed by atoms with Crippen molar-refractivity contribution in [3.8, 4) is 11.1 Å². The molecule has 0 nitrogen and oxygen atoms in total. The van der Waals surface area contributed by atoms with Crippen LogP contribution in [0.5, 0.6) is 0 Å². The molecular weight excluding hydrogens is 838 g/mol. The molecule has 7 aromatic rings. The molecule has 268 valence electrons. The van der Waals surface area contributed by atoms with E-state index in [1.165, 1.54) is 49.4 Å². The van der Waals surface area contributed by atoms with Crippen molar-refractivity contribution >= 4 is 42.0 Å². The van der Waals surface area contributed by atoms with Crippen LogP contribution in [0, 0.1) is 0 Å². The number of hydrogen-bond donors (Lipinski definition) is 0. The van der Waals surface area contributed by atoms with Gasteiger partial charge in [-0.25, -0.2) is 0 Å². The van der Waals surface area contributed by atoms with Gasteiger partial charge >= 0.3 is 111 Å². The van der Waals surface area contributed by atoms with E-state index in [1.807, 2.05) is 36.4 Å². The monoisotopic (exact) mass is 890 g/mol. The molecule has 0 atom stereocenters. The van der Waals surface area contributed by atoms with Crippen molar-refractivity contribution in [2.75, 3.05) is 0 Å². The van der Waals surface area contributed by atoms with Crippen LogP contribution in [0.3, 0.4) is 0 Å². The number of benzene rings is 5. The first-order valence-corrected chi connectivity index (χ1v) is 28.9. The Labute approximate surface area is 327 Å². The van der Waals surface area contributed by atoms with Gasteiger partial charge in [-0.15, -0.1) is 51.4 Å². The summed E-state index contributed by atoms with van der Waals surface area (Å²) >= 11 is -2.60. The molecule has 52 heavy (non-hydrogen) atoms. The van der Waals surface area contributed by atoms with Gasteiger partial charge in [0.2, 0.25) is 0 Å². The van der Waals surface area contributed by atoms with Crippen LogP contribution >= 0.6 is 17.2 Å². The summed E-state index contributed by atoms with van der Waals surface area (Å²) in [4.78, 5) is 0. The summed E-state index contributed by atoms with van der Waals surface area (Å²) in [5.41, 5.74) is 9.75. The van der Waals surface area contributed by atoms with E-state index in [1.54, 1.807) is 0 Å². The van der Waals surface area contributed by atoms with Gasteiger partial charge in [-0.3, -0.25) is 0 Å². The number of fused-ring (bicyclic) bond motifs is 3. The van der Waals surface area contributed by atoms with Crippen molar-refractivity contribution in [2.45, 2.75) is 78.6 Å². The molecule has 0 aliphatic rings. The Morgan fingerprint density at radius 3 is 1.27 bits per heavy atom. The Hall–Kier alpha value is -3.36. The Morgan fingerprint density at radius 2 is 0.904 bits per heavy atom. The summed E-state index contributed by atoms with van der Waals surface area (Å²) in [5.74, 6) is 0. The molecule has 7 rings (SSSR count). The number of hydrogen-bond acceptors (Lipinski definition) is 0. The van der Waals surface area contributed by atoms with Gasteiger partial charge in [0.25, 0.3) is 0 Å². The third-order valence-electron chi connectivity index (χ3n) is 9.50. The molecule has 0 aromatic heterocycles. The second kappa shape index (κ2) is 16.8. The topological polar surface area (TPSA) is 0 Å². The van der Waals surface area contributed by atoms with E-state index in [0.29, 0.717) is 0 Å². The first-order chi connectivity index (χ1) is 24.5. The minimum atomic E-state index is -2.60. The minimum absolute atomic E-state index is 0.203. The SMILES string of the molecule is CC(C)(C)c1ccc(-c2ccc[cH-]2)cc1.CC(C)(C)c1ccc2c(c1)[cH-]c1cc(C(C)(C)C)ccc12.[Cl][Hf]([Cl])=[C](c1ccccc1)c1ccccc1. The van der Waals surface area contributed by atoms with E-state index in [4.69, 9.17) is 17.2 Å². The van der Waals surface area contributed by atoms with Gasteiger partial charge in [0, 0.05) is 0 Å². The van der Waals surface area contributed by atoms with Crippen LogP contribution in [0.2, 0.25) is 0 Å². The number of halogens is 2. The maximum absolute atomic E-state index is 6.25. The second-order valence-electron chi connectivity index (χ2n) is 16.6. The fourth-order valence-corrected chi connectivity index (χ4v) is 12.6. The van der Waals surface area contributed by atoms with Crippen LogP contribution in [0.1, 0.15) is 90.1 Å². The standard InChI is InChI=1S/C21H25.C15H17.C13H10.2ClH.Hf/c1-20(2,3)16-7-9-18-14(12-16)11-15-13-17(21(4,5)6)8-10-19(15)18;1-15(2,3)14-10-8-13(9-11-14)12-6-4-5-7-12;1-3-7-12(8-4-1)11-13-9-5-2-6-10-13;;;/h7-13H,1-6H3;4-11H,1-3H3;1-10H;2*1H;/q2*-1;;;;+2/p-2. The van der Waals surface area contributed by atoms with Crippen LogP contribution in [-0.4, -0.2) is 3.26 Å². The van der Waals surface area contributed by atoms with Crippen molar-refractivity contribution in [1.29, 1.82) is 0 Å². The molecule has 0 bridgehead atoms. The van der Waals surface area contributed by atoms with Crippen LogP contribution in [-0.2, 0) is 34.8 Å². The van der Waals surface area contributed by atoms with Crippen molar-refractivity contribution in [3.63, 3.8) is 0 Å². The molecule has 0 spiro atoms. The molecule has 0 aliphatic heterocycles.